The van der Waals surface area contributed by atoms with E-state index < -0.39 is 0 Å². The molecule has 17 heavy (non-hydrogen) atoms. The third-order valence-corrected chi connectivity index (χ3v) is 6.47. The summed E-state index contributed by atoms with van der Waals surface area (Å²) in [6.07, 6.45) is 5.28. The van der Waals surface area contributed by atoms with Gasteiger partial charge in [0.05, 0.1) is 0 Å². The first-order valence-electron chi connectivity index (χ1n) is 7.26. The predicted octanol–water partition coefficient (Wildman–Crippen LogP) is 4.39. The van der Waals surface area contributed by atoms with Crippen LogP contribution in [0.5, 0.6) is 0 Å². The van der Waals surface area contributed by atoms with Gasteiger partial charge in [-0.3, -0.25) is 0 Å². The molecule has 1 nitrogen and oxygen atoms in total. The highest BCUT2D eigenvalue weighted by Gasteiger charge is 2.66. The van der Waals surface area contributed by atoms with Crippen LogP contribution in [0.2, 0.25) is 0 Å². The quantitative estimate of drug-likeness (QED) is 0.589. The number of fused-ring (bicyclic) bond motifs is 1. The molecule has 1 heteroatoms. The smallest absolute Gasteiger partial charge is 0.229 e. The molecular weight excluding hydrogens is 206 g/mol. The van der Waals surface area contributed by atoms with Gasteiger partial charge in [-0.05, 0) is 48.3 Å². The minimum absolute atomic E-state index is 0.322. The number of nitrogens with zero attached hydrogens (tertiary/aromatic N) is 1. The Hall–Kier alpha value is -0.510. The molecule has 0 N–H and O–H groups in total. The summed E-state index contributed by atoms with van der Waals surface area (Å²) in [5.41, 5.74) is 0.896. The molecule has 1 unspecified atom stereocenters. The zero-order valence-electron chi connectivity index (χ0n) is 11.7. The SMILES string of the molecule is [C-]#[N+][C@@H]1C[C@H]2C3C[C@]1(C)C[C@]2(C)C[C@@H]3C(C)C. The monoisotopic (exact) mass is 231 g/mol. The van der Waals surface area contributed by atoms with Crippen molar-refractivity contribution >= 4 is 0 Å². The first kappa shape index (κ1) is 11.6. The molecule has 0 heterocycles. The van der Waals surface area contributed by atoms with Crippen molar-refractivity contribution in [2.24, 2.45) is 34.5 Å². The lowest BCUT2D eigenvalue weighted by molar-refractivity contribution is -0.0497. The summed E-state index contributed by atoms with van der Waals surface area (Å²) in [6.45, 7) is 17.2. The Balaban J connectivity index is 1.98. The topological polar surface area (TPSA) is 4.36 Å². The normalized spacial score (nSPS) is 56.2. The maximum atomic E-state index is 7.45. The Labute approximate surface area is 106 Å². The van der Waals surface area contributed by atoms with Gasteiger partial charge < -0.3 is 4.85 Å². The van der Waals surface area contributed by atoms with Crippen molar-refractivity contribution < 1.29 is 0 Å². The average Bonchev–Trinajstić information content (AvgIpc) is 2.43. The highest BCUT2D eigenvalue weighted by Crippen LogP contribution is 2.70. The summed E-state index contributed by atoms with van der Waals surface area (Å²) in [5.74, 6) is 3.54. The molecule has 0 saturated heterocycles. The molecule has 94 valence electrons. The summed E-state index contributed by atoms with van der Waals surface area (Å²) in [7, 11) is 0. The van der Waals surface area contributed by atoms with Crippen LogP contribution in [0, 0.1) is 41.1 Å². The van der Waals surface area contributed by atoms with Crippen molar-refractivity contribution in [2.75, 3.05) is 0 Å². The molecule has 6 atom stereocenters. The maximum Gasteiger partial charge on any atom is 0.229 e. The second kappa shape index (κ2) is 3.28. The maximum absolute atomic E-state index is 7.45. The molecule has 4 aliphatic carbocycles. The third-order valence-electron chi connectivity index (χ3n) is 6.47. The summed E-state index contributed by atoms with van der Waals surface area (Å²) in [4.78, 5) is 3.95. The molecule has 4 saturated carbocycles. The molecule has 4 bridgehead atoms. The van der Waals surface area contributed by atoms with Crippen LogP contribution < -0.4 is 0 Å². The summed E-state index contributed by atoms with van der Waals surface area (Å²) in [5, 5.41) is 0. The van der Waals surface area contributed by atoms with Gasteiger partial charge in [-0.25, -0.2) is 6.57 Å². The van der Waals surface area contributed by atoms with E-state index in [2.05, 4.69) is 32.5 Å². The van der Waals surface area contributed by atoms with Crippen molar-refractivity contribution in [1.29, 1.82) is 0 Å². The highest BCUT2D eigenvalue weighted by molar-refractivity contribution is 5.17. The van der Waals surface area contributed by atoms with Crippen LogP contribution in [-0.2, 0) is 0 Å². The van der Waals surface area contributed by atoms with E-state index in [1.54, 1.807) is 0 Å². The van der Waals surface area contributed by atoms with E-state index >= 15 is 0 Å². The van der Waals surface area contributed by atoms with Crippen LogP contribution in [0.4, 0.5) is 0 Å². The minimum atomic E-state index is 0.322. The van der Waals surface area contributed by atoms with Gasteiger partial charge in [-0.1, -0.05) is 27.7 Å². The van der Waals surface area contributed by atoms with E-state index in [9.17, 15) is 0 Å². The summed E-state index contributed by atoms with van der Waals surface area (Å²) >= 11 is 0. The van der Waals surface area contributed by atoms with Crippen molar-refractivity contribution in [3.05, 3.63) is 11.4 Å². The Morgan fingerprint density at radius 3 is 2.41 bits per heavy atom. The van der Waals surface area contributed by atoms with Crippen LogP contribution in [0.1, 0.15) is 53.4 Å². The van der Waals surface area contributed by atoms with Crippen LogP contribution >= 0.6 is 0 Å². The average molecular weight is 231 g/mol. The molecule has 4 fully saturated rings. The molecule has 0 aliphatic heterocycles. The Bertz CT molecular complexity index is 379. The van der Waals surface area contributed by atoms with Crippen LogP contribution in [0.3, 0.4) is 0 Å². The molecule has 0 radical (unpaired) electrons. The zero-order chi connectivity index (χ0) is 12.4. The highest BCUT2D eigenvalue weighted by atomic mass is 14.8. The van der Waals surface area contributed by atoms with Crippen molar-refractivity contribution in [3.8, 4) is 0 Å². The van der Waals surface area contributed by atoms with E-state index in [4.69, 9.17) is 6.57 Å². The lowest BCUT2D eigenvalue weighted by Gasteiger charge is -2.54. The largest absolute Gasteiger partial charge is 0.313 e. The Morgan fingerprint density at radius 2 is 1.88 bits per heavy atom. The standard InChI is InChI=1S/C16H25N/c1-10(2)11-7-15(3)9-16(4)8-12(11)13(15)6-14(16)17-5/h10-14H,6-9H2,1-4H3/t11-,12?,13+,14-,15+,16-/m1/s1. The predicted molar refractivity (Wildman–Crippen MR) is 70.4 cm³/mol. The number of hydrogen-bond acceptors (Lipinski definition) is 0. The first-order valence-corrected chi connectivity index (χ1v) is 7.26. The lowest BCUT2D eigenvalue weighted by Crippen LogP contribution is -2.52. The van der Waals surface area contributed by atoms with Gasteiger partial charge in [-0.15, -0.1) is 0 Å². The lowest BCUT2D eigenvalue weighted by atomic mass is 9.49. The van der Waals surface area contributed by atoms with Crippen LogP contribution in [-0.4, -0.2) is 6.04 Å². The van der Waals surface area contributed by atoms with Gasteiger partial charge in [0.15, 0.2) is 0 Å². The van der Waals surface area contributed by atoms with E-state index in [0.29, 0.717) is 16.9 Å². The molecule has 4 aliphatic rings. The Morgan fingerprint density at radius 1 is 1.18 bits per heavy atom. The second-order valence-corrected chi connectivity index (χ2v) is 7.95. The molecule has 0 spiro atoms. The minimum Gasteiger partial charge on any atom is -0.313 e. The van der Waals surface area contributed by atoms with Crippen LogP contribution in [0.25, 0.3) is 4.85 Å². The molecular formula is C16H25N. The van der Waals surface area contributed by atoms with Crippen LogP contribution in [0.15, 0.2) is 0 Å². The second-order valence-electron chi connectivity index (χ2n) is 7.95. The number of hydrogen-bond donors (Lipinski definition) is 0. The van der Waals surface area contributed by atoms with Gasteiger partial charge in [0, 0.05) is 11.8 Å². The number of rotatable bonds is 1. The molecule has 0 amide bonds. The first-order chi connectivity index (χ1) is 7.89. The van der Waals surface area contributed by atoms with E-state index in [-0.39, 0.29) is 0 Å². The van der Waals surface area contributed by atoms with Gasteiger partial charge >= 0.3 is 0 Å². The molecule has 0 aromatic carbocycles. The van der Waals surface area contributed by atoms with Crippen molar-refractivity contribution in [2.45, 2.75) is 59.4 Å². The van der Waals surface area contributed by atoms with Gasteiger partial charge in [-0.2, -0.15) is 0 Å². The third kappa shape index (κ3) is 1.36. The zero-order valence-corrected chi connectivity index (χ0v) is 11.7. The molecule has 0 aromatic heterocycles. The summed E-state index contributed by atoms with van der Waals surface area (Å²) < 4.78 is 0. The van der Waals surface area contributed by atoms with Gasteiger partial charge in [0.2, 0.25) is 6.04 Å². The summed E-state index contributed by atoms with van der Waals surface area (Å²) in [6, 6.07) is 0.322. The van der Waals surface area contributed by atoms with Gasteiger partial charge in [0.25, 0.3) is 0 Å². The van der Waals surface area contributed by atoms with E-state index in [0.717, 1.165) is 23.7 Å². The van der Waals surface area contributed by atoms with E-state index in [1.807, 2.05) is 0 Å². The molecule has 4 rings (SSSR count). The van der Waals surface area contributed by atoms with Gasteiger partial charge in [0.1, 0.15) is 0 Å². The fourth-order valence-electron chi connectivity index (χ4n) is 5.86. The van der Waals surface area contributed by atoms with Crippen molar-refractivity contribution in [1.82, 2.24) is 0 Å². The fraction of sp³-hybridized carbons (Fsp3) is 0.938. The Kier molecular flexibility index (Phi) is 2.23. The van der Waals surface area contributed by atoms with E-state index in [1.165, 1.54) is 25.7 Å². The van der Waals surface area contributed by atoms with Crippen molar-refractivity contribution in [3.63, 3.8) is 0 Å². The molecule has 0 aromatic rings. The fourth-order valence-corrected chi connectivity index (χ4v) is 5.86.